The summed E-state index contributed by atoms with van der Waals surface area (Å²) in [6, 6.07) is 37.6. The van der Waals surface area contributed by atoms with Crippen molar-refractivity contribution in [3.8, 4) is 23.0 Å². The van der Waals surface area contributed by atoms with Gasteiger partial charge in [0.05, 0.1) is 34.5 Å². The minimum atomic E-state index is 0.823. The quantitative estimate of drug-likeness (QED) is 0.199. The van der Waals surface area contributed by atoms with Crippen LogP contribution < -0.4 is 28.7 Å². The van der Waals surface area contributed by atoms with Gasteiger partial charge in [0.2, 0.25) is 0 Å². The van der Waals surface area contributed by atoms with Crippen molar-refractivity contribution in [2.24, 2.45) is 0 Å². The Kier molecular flexibility index (Phi) is 8.77. The van der Waals surface area contributed by atoms with E-state index in [0.717, 1.165) is 66.9 Å². The molecule has 5 aromatic carbocycles. The van der Waals surface area contributed by atoms with Crippen LogP contribution in [0, 0.1) is 13.8 Å². The zero-order valence-corrected chi connectivity index (χ0v) is 25.0. The summed E-state index contributed by atoms with van der Waals surface area (Å²) in [7, 11) is 6.76. The van der Waals surface area contributed by atoms with Gasteiger partial charge in [0, 0.05) is 59.7 Å². The zero-order valence-electron chi connectivity index (χ0n) is 25.0. The maximum Gasteiger partial charge on any atom is 0.150 e. The number of benzene rings is 5. The third kappa shape index (κ3) is 5.96. The molecule has 0 bridgehead atoms. The number of rotatable bonds is 10. The Bertz CT molecular complexity index is 1400. The van der Waals surface area contributed by atoms with Gasteiger partial charge in [0.25, 0.3) is 0 Å². The average Bonchev–Trinajstić information content (AvgIpc) is 3.04. The Morgan fingerprint density at radius 3 is 0.810 bits per heavy atom. The molecule has 0 heterocycles. The lowest BCUT2D eigenvalue weighted by molar-refractivity contribution is -0.689. The first-order valence-corrected chi connectivity index (χ1v) is 13.9. The van der Waals surface area contributed by atoms with Crippen LogP contribution in [-0.4, -0.2) is 28.4 Å². The molecule has 0 aliphatic rings. The first-order chi connectivity index (χ1) is 20.4. The van der Waals surface area contributed by atoms with Gasteiger partial charge in [-0.15, -0.1) is 0 Å². The number of aryl methyl sites for hydroxylation is 2. The van der Waals surface area contributed by atoms with Crippen LogP contribution in [0.3, 0.4) is 0 Å². The zero-order chi connectivity index (χ0) is 29.6. The third-order valence-corrected chi connectivity index (χ3v) is 7.62. The Morgan fingerprint density at radius 2 is 0.595 bits per heavy atom. The number of ether oxygens (including phenoxy) is 4. The number of hydrogen-bond donors (Lipinski definition) is 2. The highest BCUT2D eigenvalue weighted by molar-refractivity contribution is 5.60. The van der Waals surface area contributed by atoms with Crippen LogP contribution in [0.4, 0.5) is 34.1 Å². The Morgan fingerprint density at radius 1 is 0.357 bits per heavy atom. The molecule has 214 valence electrons. The summed E-state index contributed by atoms with van der Waals surface area (Å²) in [6.45, 7) is 4.36. The molecule has 0 atom stereocenters. The van der Waals surface area contributed by atoms with Crippen LogP contribution in [0.1, 0.15) is 11.1 Å². The second-order valence-electron chi connectivity index (χ2n) is 10.1. The predicted molar refractivity (Wildman–Crippen MR) is 168 cm³/mol. The molecule has 6 nitrogen and oxygen atoms in total. The molecule has 0 aliphatic carbocycles. The van der Waals surface area contributed by atoms with Gasteiger partial charge in [0.1, 0.15) is 57.1 Å². The number of hydrogen-bond acceptors (Lipinski definition) is 4. The molecule has 0 aromatic heterocycles. The minimum Gasteiger partial charge on any atom is -0.497 e. The standard InChI is InChI=1S/C36H36N2O4/c1-25-23-26(2)36(38(29-11-19-33(41-5)20-12-29)30-13-21-34(42-6)22-14-30)24-35(25)37(27-7-15-31(39-3)16-8-27)28-9-17-32(40-4)18-10-28/h7-24H,1-6H3/p+2. The highest BCUT2D eigenvalue weighted by atomic mass is 16.5. The highest BCUT2D eigenvalue weighted by Gasteiger charge is 2.28. The second-order valence-corrected chi connectivity index (χ2v) is 10.1. The smallest absolute Gasteiger partial charge is 0.150 e. The van der Waals surface area contributed by atoms with E-state index >= 15 is 0 Å². The van der Waals surface area contributed by atoms with Crippen LogP contribution in [-0.2, 0) is 0 Å². The second kappa shape index (κ2) is 12.8. The van der Waals surface area contributed by atoms with Crippen molar-refractivity contribution in [2.45, 2.75) is 13.8 Å². The molecule has 0 aliphatic heterocycles. The maximum absolute atomic E-state index is 5.46. The highest BCUT2D eigenvalue weighted by Crippen LogP contribution is 2.29. The van der Waals surface area contributed by atoms with Crippen LogP contribution in [0.25, 0.3) is 0 Å². The molecule has 0 saturated carbocycles. The van der Waals surface area contributed by atoms with Crippen LogP contribution in [0.15, 0.2) is 109 Å². The molecular weight excluding hydrogens is 524 g/mol. The summed E-state index contributed by atoms with van der Waals surface area (Å²) in [5, 5.41) is 0. The lowest BCUT2D eigenvalue weighted by atomic mass is 10.0. The number of methoxy groups -OCH3 is 4. The van der Waals surface area contributed by atoms with E-state index in [2.05, 4.69) is 74.5 Å². The van der Waals surface area contributed by atoms with E-state index in [0.29, 0.717) is 0 Å². The van der Waals surface area contributed by atoms with Crippen molar-refractivity contribution >= 4 is 34.1 Å². The molecule has 2 N–H and O–H groups in total. The maximum atomic E-state index is 5.46. The molecule has 0 unspecified atom stereocenters. The van der Waals surface area contributed by atoms with Gasteiger partial charge in [-0.3, -0.25) is 0 Å². The van der Waals surface area contributed by atoms with E-state index in [1.807, 2.05) is 48.5 Å². The lowest BCUT2D eigenvalue weighted by Gasteiger charge is -2.25. The first kappa shape index (κ1) is 28.7. The lowest BCUT2D eigenvalue weighted by Crippen LogP contribution is -2.98. The summed E-state index contributed by atoms with van der Waals surface area (Å²) >= 11 is 0. The number of quaternary nitrogens is 2. The van der Waals surface area contributed by atoms with Gasteiger partial charge in [-0.2, -0.15) is 0 Å². The molecule has 0 fully saturated rings. The van der Waals surface area contributed by atoms with Crippen molar-refractivity contribution in [3.63, 3.8) is 0 Å². The van der Waals surface area contributed by atoms with Crippen molar-refractivity contribution in [2.75, 3.05) is 28.4 Å². The molecule has 5 rings (SSSR count). The fourth-order valence-electron chi connectivity index (χ4n) is 5.38. The molecule has 5 aromatic rings. The van der Waals surface area contributed by atoms with Crippen LogP contribution >= 0.6 is 0 Å². The van der Waals surface area contributed by atoms with Crippen LogP contribution in [0.2, 0.25) is 0 Å². The SMILES string of the molecule is COc1ccc([NH+](c2ccc(OC)cc2)c2cc([NH+](c3ccc(OC)cc3)c3ccc(OC)cc3)c(C)cc2C)cc1. The summed E-state index contributed by atoms with van der Waals surface area (Å²) in [4.78, 5) is 2.28. The molecular formula is C36H38N2O4+2. The normalized spacial score (nSPS) is 11.0. The van der Waals surface area contributed by atoms with Gasteiger partial charge < -0.3 is 18.9 Å². The third-order valence-electron chi connectivity index (χ3n) is 7.62. The van der Waals surface area contributed by atoms with Crippen molar-refractivity contribution in [1.29, 1.82) is 0 Å². The van der Waals surface area contributed by atoms with Gasteiger partial charge >= 0.3 is 0 Å². The topological polar surface area (TPSA) is 45.8 Å². The van der Waals surface area contributed by atoms with Crippen molar-refractivity contribution in [1.82, 2.24) is 0 Å². The minimum absolute atomic E-state index is 0.823. The van der Waals surface area contributed by atoms with Crippen molar-refractivity contribution in [3.05, 3.63) is 120 Å². The predicted octanol–water partition coefficient (Wildman–Crippen LogP) is 6.70. The summed E-state index contributed by atoms with van der Waals surface area (Å²) in [5.41, 5.74) is 9.13. The molecule has 6 heteroatoms. The van der Waals surface area contributed by atoms with Gasteiger partial charge in [-0.1, -0.05) is 0 Å². The molecule has 42 heavy (non-hydrogen) atoms. The van der Waals surface area contributed by atoms with Gasteiger partial charge in [-0.05, 0) is 68.4 Å². The molecule has 0 radical (unpaired) electrons. The van der Waals surface area contributed by atoms with E-state index in [9.17, 15) is 0 Å². The molecule has 0 spiro atoms. The van der Waals surface area contributed by atoms with E-state index in [1.165, 1.54) is 11.1 Å². The Hall–Kier alpha value is -4.78. The van der Waals surface area contributed by atoms with E-state index in [-0.39, 0.29) is 0 Å². The van der Waals surface area contributed by atoms with E-state index in [4.69, 9.17) is 18.9 Å². The average molecular weight is 563 g/mol. The van der Waals surface area contributed by atoms with Gasteiger partial charge in [-0.25, -0.2) is 9.80 Å². The van der Waals surface area contributed by atoms with E-state index in [1.54, 1.807) is 28.4 Å². The fraction of sp³-hybridized carbons (Fsp3) is 0.167. The first-order valence-electron chi connectivity index (χ1n) is 13.9. The van der Waals surface area contributed by atoms with E-state index < -0.39 is 0 Å². The molecule has 0 saturated heterocycles. The Labute approximate surface area is 248 Å². The summed E-state index contributed by atoms with van der Waals surface area (Å²) < 4.78 is 21.9. The van der Waals surface area contributed by atoms with Crippen molar-refractivity contribution < 1.29 is 28.7 Å². The summed E-state index contributed by atoms with van der Waals surface area (Å²) in [5.74, 6) is 3.29. The van der Waals surface area contributed by atoms with Crippen LogP contribution in [0.5, 0.6) is 23.0 Å². The fourth-order valence-corrected chi connectivity index (χ4v) is 5.38. The number of nitrogens with one attached hydrogen (secondary N) is 2. The molecule has 0 amide bonds. The largest absolute Gasteiger partial charge is 0.497 e. The monoisotopic (exact) mass is 562 g/mol. The summed E-state index contributed by atoms with van der Waals surface area (Å²) in [6.07, 6.45) is 0. The Balaban J connectivity index is 1.71. The van der Waals surface area contributed by atoms with Gasteiger partial charge in [0.15, 0.2) is 0 Å².